The van der Waals surface area contributed by atoms with Crippen molar-refractivity contribution in [3.05, 3.63) is 0 Å². The number of carbonyl (C=O) groups is 1. The van der Waals surface area contributed by atoms with Crippen molar-refractivity contribution in [1.82, 2.24) is 10.2 Å². The average Bonchev–Trinajstić information content (AvgIpc) is 2.85. The lowest BCUT2D eigenvalue weighted by molar-refractivity contribution is -0.133. The van der Waals surface area contributed by atoms with Crippen molar-refractivity contribution >= 4 is 5.91 Å². The van der Waals surface area contributed by atoms with Crippen LogP contribution in [0.1, 0.15) is 26.2 Å². The van der Waals surface area contributed by atoms with Gasteiger partial charge in [-0.25, -0.2) is 0 Å². The van der Waals surface area contributed by atoms with E-state index < -0.39 is 0 Å². The quantitative estimate of drug-likeness (QED) is 0.807. The minimum Gasteiger partial charge on any atom is -0.378 e. The van der Waals surface area contributed by atoms with E-state index in [0.29, 0.717) is 29.8 Å². The summed E-state index contributed by atoms with van der Waals surface area (Å²) in [5, 5.41) is 3.41. The summed E-state index contributed by atoms with van der Waals surface area (Å²) in [6.45, 7) is 7.01. The molecule has 102 valence electrons. The summed E-state index contributed by atoms with van der Waals surface area (Å²) in [4.78, 5) is 14.3. The van der Waals surface area contributed by atoms with E-state index in [9.17, 15) is 4.79 Å². The van der Waals surface area contributed by atoms with Crippen LogP contribution in [0, 0.1) is 17.8 Å². The first kappa shape index (κ1) is 12.4. The third-order valence-corrected chi connectivity index (χ3v) is 4.80. The fraction of sp³-hybridized carbons (Fsp3) is 0.929. The summed E-state index contributed by atoms with van der Waals surface area (Å²) in [7, 11) is 0. The molecule has 2 aliphatic heterocycles. The van der Waals surface area contributed by atoms with Gasteiger partial charge in [0.05, 0.1) is 6.10 Å². The molecule has 2 saturated heterocycles. The van der Waals surface area contributed by atoms with Crippen LogP contribution < -0.4 is 5.32 Å². The molecule has 4 heteroatoms. The Bertz CT molecular complexity index is 303. The molecule has 2 atom stereocenters. The Morgan fingerprint density at radius 1 is 1.28 bits per heavy atom. The maximum absolute atomic E-state index is 12.2. The van der Waals surface area contributed by atoms with Crippen LogP contribution in [-0.2, 0) is 9.53 Å². The van der Waals surface area contributed by atoms with Crippen LogP contribution >= 0.6 is 0 Å². The van der Waals surface area contributed by atoms with E-state index in [0.717, 1.165) is 52.0 Å². The fourth-order valence-corrected chi connectivity index (χ4v) is 3.65. The first-order valence-corrected chi connectivity index (χ1v) is 7.36. The molecule has 1 N–H and O–H groups in total. The molecule has 0 aromatic heterocycles. The van der Waals surface area contributed by atoms with Crippen molar-refractivity contribution in [2.24, 2.45) is 17.8 Å². The summed E-state index contributed by atoms with van der Waals surface area (Å²) in [5.41, 5.74) is 0. The molecule has 18 heavy (non-hydrogen) atoms. The highest BCUT2D eigenvalue weighted by atomic mass is 16.5. The normalized spacial score (nSPS) is 38.6. The van der Waals surface area contributed by atoms with Gasteiger partial charge in [-0.3, -0.25) is 4.79 Å². The second-order valence-corrected chi connectivity index (χ2v) is 6.10. The minimum atomic E-state index is 0.379. The zero-order valence-corrected chi connectivity index (χ0v) is 11.2. The summed E-state index contributed by atoms with van der Waals surface area (Å²) in [5.74, 6) is 2.38. The molecule has 0 aromatic rings. The maximum atomic E-state index is 12.2. The first-order valence-electron chi connectivity index (χ1n) is 7.36. The highest BCUT2D eigenvalue weighted by Gasteiger charge is 2.39. The third-order valence-electron chi connectivity index (χ3n) is 4.80. The SMILES string of the molecule is CCOC1CC(CC(=O)N2C[C@H]3CNC[C@H]3C2)C1. The van der Waals surface area contributed by atoms with Gasteiger partial charge in [0.15, 0.2) is 0 Å². The van der Waals surface area contributed by atoms with Crippen LogP contribution in [0.5, 0.6) is 0 Å². The fourth-order valence-electron chi connectivity index (χ4n) is 3.65. The van der Waals surface area contributed by atoms with Gasteiger partial charge < -0.3 is 15.0 Å². The molecule has 0 spiro atoms. The van der Waals surface area contributed by atoms with E-state index >= 15 is 0 Å². The lowest BCUT2D eigenvalue weighted by Gasteiger charge is -2.35. The van der Waals surface area contributed by atoms with Gasteiger partial charge in [0.2, 0.25) is 5.91 Å². The lowest BCUT2D eigenvalue weighted by atomic mass is 9.80. The van der Waals surface area contributed by atoms with Crippen molar-refractivity contribution in [2.45, 2.75) is 32.3 Å². The van der Waals surface area contributed by atoms with Crippen molar-refractivity contribution in [2.75, 3.05) is 32.8 Å². The van der Waals surface area contributed by atoms with Crippen molar-refractivity contribution < 1.29 is 9.53 Å². The molecule has 2 heterocycles. The van der Waals surface area contributed by atoms with Gasteiger partial charge >= 0.3 is 0 Å². The summed E-state index contributed by atoms with van der Waals surface area (Å²) < 4.78 is 5.54. The monoisotopic (exact) mass is 252 g/mol. The Hall–Kier alpha value is -0.610. The number of fused-ring (bicyclic) bond motifs is 1. The largest absolute Gasteiger partial charge is 0.378 e. The van der Waals surface area contributed by atoms with Gasteiger partial charge in [-0.1, -0.05) is 0 Å². The molecule has 3 rings (SSSR count). The second-order valence-electron chi connectivity index (χ2n) is 6.10. The Morgan fingerprint density at radius 3 is 2.56 bits per heavy atom. The standard InChI is InChI=1S/C14H24N2O2/c1-2-18-13-3-10(4-13)5-14(17)16-8-11-6-15-7-12(11)9-16/h10-13,15H,2-9H2,1H3/t10?,11-,12+,13?. The third kappa shape index (κ3) is 2.41. The van der Waals surface area contributed by atoms with Gasteiger partial charge in [-0.2, -0.15) is 0 Å². The molecular weight excluding hydrogens is 228 g/mol. The Morgan fingerprint density at radius 2 is 1.94 bits per heavy atom. The molecular formula is C14H24N2O2. The highest BCUT2D eigenvalue weighted by Crippen LogP contribution is 2.34. The van der Waals surface area contributed by atoms with E-state index in [1.807, 2.05) is 6.92 Å². The summed E-state index contributed by atoms with van der Waals surface area (Å²) >= 11 is 0. The number of hydrogen-bond donors (Lipinski definition) is 1. The van der Waals surface area contributed by atoms with Crippen molar-refractivity contribution in [3.63, 3.8) is 0 Å². The average molecular weight is 252 g/mol. The molecule has 0 aromatic carbocycles. The molecule has 1 saturated carbocycles. The number of carbonyl (C=O) groups excluding carboxylic acids is 1. The molecule has 1 amide bonds. The van der Waals surface area contributed by atoms with Crippen LogP contribution in [-0.4, -0.2) is 49.7 Å². The summed E-state index contributed by atoms with van der Waals surface area (Å²) in [6.07, 6.45) is 3.34. The number of nitrogens with one attached hydrogen (secondary N) is 1. The van der Waals surface area contributed by atoms with Crippen LogP contribution in [0.2, 0.25) is 0 Å². The topological polar surface area (TPSA) is 41.6 Å². The van der Waals surface area contributed by atoms with Crippen LogP contribution in [0.25, 0.3) is 0 Å². The molecule has 0 radical (unpaired) electrons. The van der Waals surface area contributed by atoms with Crippen molar-refractivity contribution in [3.8, 4) is 0 Å². The van der Waals surface area contributed by atoms with Crippen LogP contribution in [0.4, 0.5) is 0 Å². The van der Waals surface area contributed by atoms with Gasteiger partial charge in [0.25, 0.3) is 0 Å². The predicted octanol–water partition coefficient (Wildman–Crippen LogP) is 0.869. The maximum Gasteiger partial charge on any atom is 0.222 e. The number of rotatable bonds is 4. The number of hydrogen-bond acceptors (Lipinski definition) is 3. The smallest absolute Gasteiger partial charge is 0.222 e. The van der Waals surface area contributed by atoms with Gasteiger partial charge in [-0.05, 0) is 37.5 Å². The second kappa shape index (κ2) is 5.17. The van der Waals surface area contributed by atoms with E-state index in [1.165, 1.54) is 0 Å². The zero-order valence-electron chi connectivity index (χ0n) is 11.2. The van der Waals surface area contributed by atoms with Crippen molar-refractivity contribution in [1.29, 1.82) is 0 Å². The minimum absolute atomic E-state index is 0.379. The Balaban J connectivity index is 1.41. The predicted molar refractivity (Wildman–Crippen MR) is 69.2 cm³/mol. The molecule has 3 fully saturated rings. The lowest BCUT2D eigenvalue weighted by Crippen LogP contribution is -2.38. The Labute approximate surface area is 109 Å². The summed E-state index contributed by atoms with van der Waals surface area (Å²) in [6, 6.07) is 0. The number of ether oxygens (including phenoxy) is 1. The van der Waals surface area contributed by atoms with Gasteiger partial charge in [-0.15, -0.1) is 0 Å². The van der Waals surface area contributed by atoms with Gasteiger partial charge in [0, 0.05) is 39.2 Å². The van der Waals surface area contributed by atoms with E-state index in [4.69, 9.17) is 4.74 Å². The molecule has 0 unspecified atom stereocenters. The zero-order chi connectivity index (χ0) is 12.5. The molecule has 4 nitrogen and oxygen atoms in total. The number of nitrogens with zero attached hydrogens (tertiary/aromatic N) is 1. The molecule has 1 aliphatic carbocycles. The number of amides is 1. The first-order chi connectivity index (χ1) is 8.76. The van der Waals surface area contributed by atoms with Gasteiger partial charge in [0.1, 0.15) is 0 Å². The van der Waals surface area contributed by atoms with Crippen LogP contribution in [0.15, 0.2) is 0 Å². The van der Waals surface area contributed by atoms with Crippen LogP contribution in [0.3, 0.4) is 0 Å². The van der Waals surface area contributed by atoms with E-state index in [2.05, 4.69) is 10.2 Å². The molecule has 3 aliphatic rings. The Kier molecular flexibility index (Phi) is 3.57. The van der Waals surface area contributed by atoms with E-state index in [-0.39, 0.29) is 0 Å². The molecule has 0 bridgehead atoms. The number of likely N-dealkylation sites (tertiary alicyclic amines) is 1. The highest BCUT2D eigenvalue weighted by molar-refractivity contribution is 5.77. The van der Waals surface area contributed by atoms with E-state index in [1.54, 1.807) is 0 Å².